The van der Waals surface area contributed by atoms with Gasteiger partial charge >= 0.3 is 0 Å². The van der Waals surface area contributed by atoms with Gasteiger partial charge in [-0.05, 0) is 67.9 Å². The predicted molar refractivity (Wildman–Crippen MR) is 113 cm³/mol. The van der Waals surface area contributed by atoms with Crippen LogP contribution in [0.1, 0.15) is 12.5 Å². The lowest BCUT2D eigenvalue weighted by atomic mass is 10.2. The molecule has 0 unspecified atom stereocenters. The second kappa shape index (κ2) is 9.42. The van der Waals surface area contributed by atoms with Crippen LogP contribution in [-0.4, -0.2) is 13.0 Å². The van der Waals surface area contributed by atoms with Crippen molar-refractivity contribution in [3.8, 4) is 17.2 Å². The van der Waals surface area contributed by atoms with Gasteiger partial charge < -0.3 is 14.2 Å². The first-order valence-electron chi connectivity index (χ1n) is 9.00. The van der Waals surface area contributed by atoms with Gasteiger partial charge in [-0.3, -0.25) is 0 Å². The Balaban J connectivity index is 1.87. The van der Waals surface area contributed by atoms with Crippen molar-refractivity contribution in [2.24, 2.45) is 4.99 Å². The summed E-state index contributed by atoms with van der Waals surface area (Å²) in [6.45, 7) is 3.93. The summed E-state index contributed by atoms with van der Waals surface area (Å²) in [5.41, 5.74) is 2.66. The standard InChI is InChI=1S/C24H23NO3/c1-18-8-7-11-23(16-18)27-17-19(2)24(28-22-9-5-4-6-10-22)25-20-12-14-21(26-3)15-13-20/h4-17H,1-3H3/b19-17+,25-24?. The van der Waals surface area contributed by atoms with Gasteiger partial charge in [0.1, 0.15) is 17.2 Å². The van der Waals surface area contributed by atoms with Gasteiger partial charge in [0.2, 0.25) is 5.90 Å². The van der Waals surface area contributed by atoms with E-state index in [0.29, 0.717) is 11.6 Å². The first-order valence-corrected chi connectivity index (χ1v) is 9.00. The number of nitrogens with zero attached hydrogens (tertiary/aromatic N) is 1. The maximum absolute atomic E-state index is 6.02. The zero-order valence-electron chi connectivity index (χ0n) is 16.3. The lowest BCUT2D eigenvalue weighted by Crippen LogP contribution is -2.10. The van der Waals surface area contributed by atoms with Crippen LogP contribution in [0.5, 0.6) is 17.2 Å². The molecule has 0 aliphatic carbocycles. The van der Waals surface area contributed by atoms with Crippen molar-refractivity contribution >= 4 is 11.6 Å². The van der Waals surface area contributed by atoms with Crippen molar-refractivity contribution in [1.82, 2.24) is 0 Å². The van der Waals surface area contributed by atoms with Crippen LogP contribution in [0, 0.1) is 6.92 Å². The average Bonchev–Trinajstić information content (AvgIpc) is 2.73. The van der Waals surface area contributed by atoms with E-state index in [1.807, 2.05) is 92.7 Å². The van der Waals surface area contributed by atoms with E-state index >= 15 is 0 Å². The largest absolute Gasteiger partial charge is 0.497 e. The van der Waals surface area contributed by atoms with Gasteiger partial charge in [0.15, 0.2) is 0 Å². The molecule has 0 aliphatic heterocycles. The molecule has 3 rings (SSSR count). The Morgan fingerprint density at radius 3 is 2.21 bits per heavy atom. The molecule has 0 saturated carbocycles. The monoisotopic (exact) mass is 373 g/mol. The van der Waals surface area contributed by atoms with Crippen LogP contribution in [0.2, 0.25) is 0 Å². The number of ether oxygens (including phenoxy) is 3. The van der Waals surface area contributed by atoms with Crippen molar-refractivity contribution in [1.29, 1.82) is 0 Å². The third-order valence-electron chi connectivity index (χ3n) is 3.96. The molecule has 0 N–H and O–H groups in total. The van der Waals surface area contributed by atoms with Crippen molar-refractivity contribution in [3.05, 3.63) is 96.3 Å². The second-order valence-corrected chi connectivity index (χ2v) is 6.27. The number of methoxy groups -OCH3 is 1. The predicted octanol–water partition coefficient (Wildman–Crippen LogP) is 6.10. The van der Waals surface area contributed by atoms with E-state index in [4.69, 9.17) is 14.2 Å². The SMILES string of the molecule is COc1ccc(N=C(Oc2ccccc2)/C(C)=C/Oc2cccc(C)c2)cc1. The highest BCUT2D eigenvalue weighted by molar-refractivity contribution is 5.96. The summed E-state index contributed by atoms with van der Waals surface area (Å²) in [7, 11) is 1.64. The number of hydrogen-bond donors (Lipinski definition) is 0. The second-order valence-electron chi connectivity index (χ2n) is 6.27. The molecule has 3 aromatic carbocycles. The fraction of sp³-hybridized carbons (Fsp3) is 0.125. The Hall–Kier alpha value is -3.53. The van der Waals surface area contributed by atoms with Crippen LogP contribution in [-0.2, 0) is 0 Å². The topological polar surface area (TPSA) is 40.0 Å². The molecule has 0 fully saturated rings. The quantitative estimate of drug-likeness (QED) is 0.298. The molecule has 0 saturated heterocycles. The minimum absolute atomic E-state index is 0.462. The molecule has 28 heavy (non-hydrogen) atoms. The van der Waals surface area contributed by atoms with E-state index in [1.54, 1.807) is 13.4 Å². The van der Waals surface area contributed by atoms with Gasteiger partial charge in [-0.1, -0.05) is 30.3 Å². The molecule has 3 aromatic rings. The van der Waals surface area contributed by atoms with Crippen LogP contribution in [0.3, 0.4) is 0 Å². The molecule has 0 amide bonds. The molecule has 4 nitrogen and oxygen atoms in total. The van der Waals surface area contributed by atoms with Gasteiger partial charge in [-0.25, -0.2) is 4.99 Å². The molecule has 0 heterocycles. The van der Waals surface area contributed by atoms with Crippen LogP contribution < -0.4 is 14.2 Å². The minimum Gasteiger partial charge on any atom is -0.497 e. The first kappa shape index (κ1) is 19.2. The van der Waals surface area contributed by atoms with Crippen molar-refractivity contribution < 1.29 is 14.2 Å². The van der Waals surface area contributed by atoms with E-state index in [9.17, 15) is 0 Å². The Bertz CT molecular complexity index is 961. The highest BCUT2D eigenvalue weighted by Crippen LogP contribution is 2.21. The molecule has 0 radical (unpaired) electrons. The molecule has 0 bridgehead atoms. The Kier molecular flexibility index (Phi) is 6.47. The summed E-state index contributed by atoms with van der Waals surface area (Å²) in [6, 6.07) is 24.9. The molecule has 0 spiro atoms. The van der Waals surface area contributed by atoms with Crippen molar-refractivity contribution in [2.75, 3.05) is 7.11 Å². The maximum Gasteiger partial charge on any atom is 0.225 e. The van der Waals surface area contributed by atoms with Gasteiger partial charge in [0.05, 0.1) is 19.1 Å². The van der Waals surface area contributed by atoms with Gasteiger partial charge in [-0.2, -0.15) is 0 Å². The van der Waals surface area contributed by atoms with Crippen molar-refractivity contribution in [2.45, 2.75) is 13.8 Å². The average molecular weight is 373 g/mol. The zero-order chi connectivity index (χ0) is 19.8. The summed E-state index contributed by atoms with van der Waals surface area (Å²) in [5, 5.41) is 0. The summed E-state index contributed by atoms with van der Waals surface area (Å²) in [4.78, 5) is 4.65. The lowest BCUT2D eigenvalue weighted by Gasteiger charge is -2.10. The number of para-hydroxylation sites is 1. The normalized spacial score (nSPS) is 11.8. The highest BCUT2D eigenvalue weighted by Gasteiger charge is 2.08. The fourth-order valence-corrected chi connectivity index (χ4v) is 2.46. The molecular weight excluding hydrogens is 350 g/mol. The summed E-state index contributed by atoms with van der Waals surface area (Å²) in [5.74, 6) is 2.71. The van der Waals surface area contributed by atoms with E-state index in [0.717, 1.165) is 28.3 Å². The Labute approximate surface area is 165 Å². The third kappa shape index (κ3) is 5.48. The molecule has 142 valence electrons. The van der Waals surface area contributed by atoms with Crippen molar-refractivity contribution in [3.63, 3.8) is 0 Å². The van der Waals surface area contributed by atoms with Crippen LogP contribution in [0.15, 0.2) is 95.7 Å². The summed E-state index contributed by atoms with van der Waals surface area (Å²) in [6.07, 6.45) is 1.65. The zero-order valence-corrected chi connectivity index (χ0v) is 16.3. The van der Waals surface area contributed by atoms with Crippen LogP contribution >= 0.6 is 0 Å². The van der Waals surface area contributed by atoms with Gasteiger partial charge in [0.25, 0.3) is 0 Å². The summed E-state index contributed by atoms with van der Waals surface area (Å²) < 4.78 is 17.0. The minimum atomic E-state index is 0.462. The van der Waals surface area contributed by atoms with E-state index in [-0.39, 0.29) is 0 Å². The third-order valence-corrected chi connectivity index (χ3v) is 3.96. The number of aryl methyl sites for hydroxylation is 1. The van der Waals surface area contributed by atoms with E-state index in [2.05, 4.69) is 4.99 Å². The highest BCUT2D eigenvalue weighted by atomic mass is 16.5. The van der Waals surface area contributed by atoms with E-state index < -0.39 is 0 Å². The first-order chi connectivity index (χ1) is 13.6. The van der Waals surface area contributed by atoms with Crippen LogP contribution in [0.4, 0.5) is 5.69 Å². The molecular formula is C24H23NO3. The van der Waals surface area contributed by atoms with E-state index in [1.165, 1.54) is 0 Å². The molecule has 4 heteroatoms. The smallest absolute Gasteiger partial charge is 0.225 e. The fourth-order valence-electron chi connectivity index (χ4n) is 2.46. The number of hydrogen-bond acceptors (Lipinski definition) is 4. The summed E-state index contributed by atoms with van der Waals surface area (Å²) >= 11 is 0. The molecule has 0 aromatic heterocycles. The number of aliphatic imine (C=N–C) groups is 1. The molecule has 0 aliphatic rings. The maximum atomic E-state index is 6.02. The Morgan fingerprint density at radius 2 is 1.54 bits per heavy atom. The Morgan fingerprint density at radius 1 is 0.821 bits per heavy atom. The van der Waals surface area contributed by atoms with Gasteiger partial charge in [0, 0.05) is 5.57 Å². The number of benzene rings is 3. The number of rotatable bonds is 6. The molecule has 0 atom stereocenters. The van der Waals surface area contributed by atoms with Crippen LogP contribution in [0.25, 0.3) is 0 Å². The lowest BCUT2D eigenvalue weighted by molar-refractivity contribution is 0.415. The van der Waals surface area contributed by atoms with Gasteiger partial charge in [-0.15, -0.1) is 0 Å².